The van der Waals surface area contributed by atoms with Crippen LogP contribution in [0.25, 0.3) is 11.0 Å². The summed E-state index contributed by atoms with van der Waals surface area (Å²) in [5, 5.41) is 8.97. The van der Waals surface area contributed by atoms with Gasteiger partial charge in [0.15, 0.2) is 0 Å². The number of hydrogen-bond donors (Lipinski definition) is 1. The van der Waals surface area contributed by atoms with E-state index in [-0.39, 0.29) is 24.9 Å². The number of rotatable bonds is 7. The summed E-state index contributed by atoms with van der Waals surface area (Å²) >= 11 is 1.69. The fourth-order valence-corrected chi connectivity index (χ4v) is 4.16. The van der Waals surface area contributed by atoms with E-state index in [4.69, 9.17) is 5.11 Å². The third-order valence-electron chi connectivity index (χ3n) is 4.94. The van der Waals surface area contributed by atoms with Crippen molar-refractivity contribution in [3.63, 3.8) is 0 Å². The molecule has 0 spiro atoms. The number of imidazole rings is 1. The molecule has 1 N–H and O–H groups in total. The Morgan fingerprint density at radius 1 is 1.31 bits per heavy atom. The Kier molecular flexibility index (Phi) is 6.19. The van der Waals surface area contributed by atoms with Crippen molar-refractivity contribution in [2.75, 3.05) is 12.8 Å². The van der Waals surface area contributed by atoms with Gasteiger partial charge < -0.3 is 14.6 Å². The van der Waals surface area contributed by atoms with Gasteiger partial charge in [-0.15, -0.1) is 0 Å². The molecule has 1 aliphatic heterocycles. The van der Waals surface area contributed by atoms with Gasteiger partial charge in [-0.3, -0.25) is 9.59 Å². The molecule has 1 aromatic carbocycles. The lowest BCUT2D eigenvalue weighted by atomic mass is 9.98. The van der Waals surface area contributed by atoms with Crippen LogP contribution >= 0.6 is 11.8 Å². The highest BCUT2D eigenvalue weighted by molar-refractivity contribution is 7.97. The summed E-state index contributed by atoms with van der Waals surface area (Å²) in [5.74, 6) is 0.923. The van der Waals surface area contributed by atoms with Gasteiger partial charge in [0.2, 0.25) is 5.91 Å². The highest BCUT2D eigenvalue weighted by atomic mass is 32.2. The Labute approximate surface area is 157 Å². The second-order valence-electron chi connectivity index (χ2n) is 6.71. The molecule has 6 nitrogen and oxygen atoms in total. The maximum absolute atomic E-state index is 13.0. The van der Waals surface area contributed by atoms with Crippen LogP contribution in [0.2, 0.25) is 0 Å². The number of amides is 1. The zero-order chi connectivity index (χ0) is 18.5. The van der Waals surface area contributed by atoms with Gasteiger partial charge in [-0.1, -0.05) is 12.1 Å². The number of carboxylic acids is 1. The SMILES string of the molecule is CSCc1nc2ccccc2n1CC(=O)N1CCCC[C@@H]1CCC(=O)O. The Morgan fingerprint density at radius 2 is 2.12 bits per heavy atom. The van der Waals surface area contributed by atoms with Crippen LogP contribution in [0.3, 0.4) is 0 Å². The zero-order valence-electron chi connectivity index (χ0n) is 15.1. The standard InChI is InChI=1S/C19H25N3O3S/c1-26-13-17-20-15-7-2-3-8-16(15)22(17)12-18(23)21-11-5-4-6-14(21)9-10-19(24)25/h2-3,7-8,14H,4-6,9-13H2,1H3,(H,24,25)/t14-/m1/s1. The topological polar surface area (TPSA) is 75.4 Å². The summed E-state index contributed by atoms with van der Waals surface area (Å²) in [6.07, 6.45) is 5.60. The van der Waals surface area contributed by atoms with Gasteiger partial charge in [-0.2, -0.15) is 11.8 Å². The van der Waals surface area contributed by atoms with Gasteiger partial charge in [0.25, 0.3) is 0 Å². The molecule has 1 saturated heterocycles. The van der Waals surface area contributed by atoms with Gasteiger partial charge in [0, 0.05) is 19.0 Å². The van der Waals surface area contributed by atoms with Crippen molar-refractivity contribution in [1.29, 1.82) is 0 Å². The maximum Gasteiger partial charge on any atom is 0.303 e. The molecule has 1 fully saturated rings. The zero-order valence-corrected chi connectivity index (χ0v) is 15.9. The lowest BCUT2D eigenvalue weighted by Gasteiger charge is -2.36. The van der Waals surface area contributed by atoms with Crippen LogP contribution in [0.1, 0.15) is 37.9 Å². The van der Waals surface area contributed by atoms with E-state index >= 15 is 0 Å². The van der Waals surface area contributed by atoms with Crippen molar-refractivity contribution in [2.24, 2.45) is 0 Å². The smallest absolute Gasteiger partial charge is 0.303 e. The van der Waals surface area contributed by atoms with Crippen molar-refractivity contribution < 1.29 is 14.7 Å². The first-order chi connectivity index (χ1) is 12.6. The lowest BCUT2D eigenvalue weighted by molar-refractivity contribution is -0.140. The van der Waals surface area contributed by atoms with Gasteiger partial charge in [-0.25, -0.2) is 4.98 Å². The molecule has 0 aliphatic carbocycles. The van der Waals surface area contributed by atoms with E-state index in [0.29, 0.717) is 13.0 Å². The largest absolute Gasteiger partial charge is 0.481 e. The number of piperidine rings is 1. The number of aliphatic carboxylic acids is 1. The Bertz CT molecular complexity index is 789. The molecule has 1 aliphatic rings. The minimum atomic E-state index is -0.800. The van der Waals surface area contributed by atoms with Crippen LogP contribution in [0.5, 0.6) is 0 Å². The number of benzene rings is 1. The van der Waals surface area contributed by atoms with E-state index in [2.05, 4.69) is 4.98 Å². The number of carbonyl (C=O) groups is 2. The number of aromatic nitrogens is 2. The molecule has 3 rings (SSSR count). The molecule has 7 heteroatoms. The molecule has 2 heterocycles. The van der Waals surface area contributed by atoms with Crippen molar-refractivity contribution in [1.82, 2.24) is 14.5 Å². The number of likely N-dealkylation sites (tertiary alicyclic amines) is 1. The molecule has 2 aromatic rings. The predicted molar refractivity (Wildman–Crippen MR) is 103 cm³/mol. The van der Waals surface area contributed by atoms with Crippen LogP contribution in [-0.2, 0) is 21.9 Å². The average molecular weight is 375 g/mol. The van der Waals surface area contributed by atoms with Crippen LogP contribution in [-0.4, -0.2) is 50.3 Å². The van der Waals surface area contributed by atoms with E-state index < -0.39 is 5.97 Å². The first-order valence-electron chi connectivity index (χ1n) is 9.04. The van der Waals surface area contributed by atoms with E-state index in [1.165, 1.54) is 0 Å². The number of thioether (sulfide) groups is 1. The number of carbonyl (C=O) groups excluding carboxylic acids is 1. The van der Waals surface area contributed by atoms with Crippen LogP contribution in [0.15, 0.2) is 24.3 Å². The van der Waals surface area contributed by atoms with Crippen molar-refractivity contribution in [2.45, 2.75) is 50.4 Å². The second kappa shape index (κ2) is 8.58. The monoisotopic (exact) mass is 375 g/mol. The molecule has 0 radical (unpaired) electrons. The van der Waals surface area contributed by atoms with Crippen molar-refractivity contribution >= 4 is 34.7 Å². The Hall–Kier alpha value is -2.02. The molecule has 1 atom stereocenters. The Morgan fingerprint density at radius 3 is 2.88 bits per heavy atom. The highest BCUT2D eigenvalue weighted by Gasteiger charge is 2.27. The molecular formula is C19H25N3O3S. The normalized spacial score (nSPS) is 17.6. The van der Waals surface area contributed by atoms with Crippen LogP contribution < -0.4 is 0 Å². The number of nitrogens with zero attached hydrogens (tertiary/aromatic N) is 3. The third kappa shape index (κ3) is 4.20. The van der Waals surface area contributed by atoms with Gasteiger partial charge in [0.05, 0.1) is 16.8 Å². The predicted octanol–water partition coefficient (Wildman–Crippen LogP) is 3.15. The van der Waals surface area contributed by atoms with Crippen LogP contribution in [0, 0.1) is 0 Å². The average Bonchev–Trinajstić information content (AvgIpc) is 2.98. The number of fused-ring (bicyclic) bond motifs is 1. The van der Waals surface area contributed by atoms with Crippen LogP contribution in [0.4, 0.5) is 0 Å². The summed E-state index contributed by atoms with van der Waals surface area (Å²) in [7, 11) is 0. The summed E-state index contributed by atoms with van der Waals surface area (Å²) in [5.41, 5.74) is 1.88. The summed E-state index contributed by atoms with van der Waals surface area (Å²) in [4.78, 5) is 30.5. The van der Waals surface area contributed by atoms with E-state index in [0.717, 1.165) is 41.9 Å². The van der Waals surface area contributed by atoms with Gasteiger partial charge in [-0.05, 0) is 44.1 Å². The molecule has 0 unspecified atom stereocenters. The fourth-order valence-electron chi connectivity index (χ4n) is 3.69. The summed E-state index contributed by atoms with van der Waals surface area (Å²) < 4.78 is 2.01. The first kappa shape index (κ1) is 18.8. The van der Waals surface area contributed by atoms with Crippen molar-refractivity contribution in [3.05, 3.63) is 30.1 Å². The maximum atomic E-state index is 13.0. The van der Waals surface area contributed by atoms with E-state index in [9.17, 15) is 9.59 Å². The third-order valence-corrected chi connectivity index (χ3v) is 5.49. The van der Waals surface area contributed by atoms with E-state index in [1.807, 2.05) is 40.0 Å². The van der Waals surface area contributed by atoms with E-state index in [1.54, 1.807) is 11.8 Å². The summed E-state index contributed by atoms with van der Waals surface area (Å²) in [6, 6.07) is 7.92. The Balaban J connectivity index is 1.80. The molecule has 0 bridgehead atoms. The summed E-state index contributed by atoms with van der Waals surface area (Å²) in [6.45, 7) is 0.980. The van der Waals surface area contributed by atoms with Gasteiger partial charge in [0.1, 0.15) is 12.4 Å². The minimum Gasteiger partial charge on any atom is -0.481 e. The second-order valence-corrected chi connectivity index (χ2v) is 7.57. The minimum absolute atomic E-state index is 0.0335. The molecule has 140 valence electrons. The molecular weight excluding hydrogens is 350 g/mol. The number of para-hydroxylation sites is 2. The highest BCUT2D eigenvalue weighted by Crippen LogP contribution is 2.23. The number of carboxylic acid groups (broad SMARTS) is 1. The molecule has 0 saturated carbocycles. The molecule has 1 amide bonds. The fraction of sp³-hybridized carbons (Fsp3) is 0.526. The first-order valence-corrected chi connectivity index (χ1v) is 10.4. The number of hydrogen-bond acceptors (Lipinski definition) is 4. The van der Waals surface area contributed by atoms with Crippen molar-refractivity contribution in [3.8, 4) is 0 Å². The molecule has 1 aromatic heterocycles. The quantitative estimate of drug-likeness (QED) is 0.805. The van der Waals surface area contributed by atoms with Gasteiger partial charge >= 0.3 is 5.97 Å². The molecule has 26 heavy (non-hydrogen) atoms. The lowest BCUT2D eigenvalue weighted by Crippen LogP contribution is -2.45.